The van der Waals surface area contributed by atoms with E-state index in [2.05, 4.69) is 20.6 Å². The Bertz CT molecular complexity index is 902. The third-order valence-corrected chi connectivity index (χ3v) is 3.75. The van der Waals surface area contributed by atoms with E-state index in [1.807, 2.05) is 0 Å². The van der Waals surface area contributed by atoms with Crippen LogP contribution in [0.3, 0.4) is 0 Å². The smallest absolute Gasteiger partial charge is 0.353 e. The van der Waals surface area contributed by atoms with Crippen molar-refractivity contribution in [2.24, 2.45) is 0 Å². The molecule has 0 saturated carbocycles. The molecule has 0 bridgehead atoms. The molecule has 8 nitrogen and oxygen atoms in total. The molecule has 0 atom stereocenters. The van der Waals surface area contributed by atoms with Gasteiger partial charge < -0.3 is 15.1 Å². The van der Waals surface area contributed by atoms with Crippen molar-refractivity contribution in [3.63, 3.8) is 0 Å². The fourth-order valence-corrected chi connectivity index (χ4v) is 2.53. The fraction of sp³-hybridized carbons (Fsp3) is 0.0667. The third-order valence-electron chi connectivity index (χ3n) is 3.20. The number of furan rings is 1. The predicted molar refractivity (Wildman–Crippen MR) is 94.5 cm³/mol. The lowest BCUT2D eigenvalue weighted by Gasteiger charge is -2.10. The van der Waals surface area contributed by atoms with Crippen LogP contribution in [0.25, 0.3) is 0 Å². The van der Waals surface area contributed by atoms with Gasteiger partial charge >= 0.3 is 5.69 Å². The summed E-state index contributed by atoms with van der Waals surface area (Å²) in [5.41, 5.74) is 0.130. The Labute approximate surface area is 152 Å². The highest BCUT2D eigenvalue weighted by Crippen LogP contribution is 2.34. The van der Waals surface area contributed by atoms with E-state index in [1.54, 1.807) is 24.3 Å². The Hall–Kier alpha value is -2.84. The van der Waals surface area contributed by atoms with Gasteiger partial charge in [-0.15, -0.1) is 0 Å². The van der Waals surface area contributed by atoms with Crippen molar-refractivity contribution in [2.45, 2.75) is 6.54 Å². The first-order valence-electron chi connectivity index (χ1n) is 7.02. The van der Waals surface area contributed by atoms with Gasteiger partial charge in [-0.05, 0) is 30.3 Å². The van der Waals surface area contributed by atoms with Gasteiger partial charge in [-0.3, -0.25) is 10.1 Å². The molecule has 0 unspecified atom stereocenters. The zero-order valence-electron chi connectivity index (χ0n) is 12.6. The lowest BCUT2D eigenvalue weighted by atomic mass is 10.3. The number of hydrogen-bond acceptors (Lipinski definition) is 7. The first-order valence-corrected chi connectivity index (χ1v) is 7.78. The number of hydrogen-bond donors (Lipinski definition) is 2. The molecular formula is C15H11Cl2N5O3. The molecule has 2 heterocycles. The van der Waals surface area contributed by atoms with Gasteiger partial charge in [0.2, 0.25) is 11.6 Å². The largest absolute Gasteiger partial charge is 0.467 e. The van der Waals surface area contributed by atoms with Crippen molar-refractivity contribution in [3.8, 4) is 0 Å². The monoisotopic (exact) mass is 379 g/mol. The molecule has 2 aromatic heterocycles. The molecule has 0 aliphatic heterocycles. The van der Waals surface area contributed by atoms with E-state index in [9.17, 15) is 10.1 Å². The van der Waals surface area contributed by atoms with E-state index in [-0.39, 0.29) is 23.9 Å². The van der Waals surface area contributed by atoms with Gasteiger partial charge in [-0.25, -0.2) is 9.97 Å². The Morgan fingerprint density at radius 1 is 1.20 bits per heavy atom. The summed E-state index contributed by atoms with van der Waals surface area (Å²) in [6, 6.07) is 8.20. The Balaban J connectivity index is 1.90. The first kappa shape index (κ1) is 17.0. The van der Waals surface area contributed by atoms with E-state index in [0.29, 0.717) is 21.5 Å². The van der Waals surface area contributed by atoms with Crippen molar-refractivity contribution in [3.05, 3.63) is 68.8 Å². The van der Waals surface area contributed by atoms with E-state index in [0.717, 1.165) is 0 Å². The van der Waals surface area contributed by atoms with Crippen LogP contribution in [0.15, 0.2) is 47.3 Å². The Morgan fingerprint density at radius 2 is 2.00 bits per heavy atom. The van der Waals surface area contributed by atoms with Crippen LogP contribution in [-0.4, -0.2) is 14.9 Å². The molecule has 0 fully saturated rings. The number of rotatable bonds is 6. The van der Waals surface area contributed by atoms with E-state index >= 15 is 0 Å². The van der Waals surface area contributed by atoms with Crippen LogP contribution >= 0.6 is 23.2 Å². The van der Waals surface area contributed by atoms with Gasteiger partial charge in [-0.2, -0.15) is 0 Å². The SMILES string of the molecule is O=[N+]([O-])c1c(NCc2ccco2)ncnc1Nc1ccc(Cl)cc1Cl. The molecule has 0 aliphatic rings. The zero-order valence-corrected chi connectivity index (χ0v) is 14.1. The summed E-state index contributed by atoms with van der Waals surface area (Å²) in [5.74, 6) is 0.679. The number of anilines is 3. The second-order valence-corrected chi connectivity index (χ2v) is 5.70. The number of halogens is 2. The lowest BCUT2D eigenvalue weighted by Crippen LogP contribution is -2.08. The summed E-state index contributed by atoms with van der Waals surface area (Å²) in [6.07, 6.45) is 2.73. The summed E-state index contributed by atoms with van der Waals surface area (Å²) in [5, 5.41) is 18.0. The van der Waals surface area contributed by atoms with Crippen molar-refractivity contribution >= 4 is 46.2 Å². The number of benzene rings is 1. The van der Waals surface area contributed by atoms with E-state index in [1.165, 1.54) is 18.7 Å². The molecule has 2 N–H and O–H groups in total. The average Bonchev–Trinajstić information content (AvgIpc) is 3.09. The zero-order chi connectivity index (χ0) is 17.8. The van der Waals surface area contributed by atoms with Crippen LogP contribution in [-0.2, 0) is 6.54 Å². The van der Waals surface area contributed by atoms with Crippen molar-refractivity contribution in [1.82, 2.24) is 9.97 Å². The normalized spacial score (nSPS) is 10.5. The van der Waals surface area contributed by atoms with Crippen molar-refractivity contribution in [1.29, 1.82) is 0 Å². The summed E-state index contributed by atoms with van der Waals surface area (Å²) in [4.78, 5) is 18.8. The van der Waals surface area contributed by atoms with Crippen LogP contribution in [0, 0.1) is 10.1 Å². The van der Waals surface area contributed by atoms with Crippen LogP contribution in [0.2, 0.25) is 10.0 Å². The molecular weight excluding hydrogens is 369 g/mol. The summed E-state index contributed by atoms with van der Waals surface area (Å²) in [6.45, 7) is 0.242. The minimum absolute atomic E-state index is 0.00571. The molecule has 128 valence electrons. The van der Waals surface area contributed by atoms with E-state index < -0.39 is 4.92 Å². The quantitative estimate of drug-likeness (QED) is 0.474. The second kappa shape index (κ2) is 7.37. The van der Waals surface area contributed by atoms with Crippen LogP contribution < -0.4 is 10.6 Å². The minimum atomic E-state index is -0.573. The minimum Gasteiger partial charge on any atom is -0.467 e. The second-order valence-electron chi connectivity index (χ2n) is 4.86. The number of nitrogens with zero attached hydrogens (tertiary/aromatic N) is 3. The highest BCUT2D eigenvalue weighted by atomic mass is 35.5. The highest BCUT2D eigenvalue weighted by Gasteiger charge is 2.23. The van der Waals surface area contributed by atoms with Crippen molar-refractivity contribution < 1.29 is 9.34 Å². The van der Waals surface area contributed by atoms with Gasteiger partial charge in [0.15, 0.2) is 0 Å². The molecule has 10 heteroatoms. The summed E-state index contributed by atoms with van der Waals surface area (Å²) >= 11 is 11.9. The molecule has 0 radical (unpaired) electrons. The molecule has 0 saturated heterocycles. The van der Waals surface area contributed by atoms with Gasteiger partial charge in [0.05, 0.1) is 28.4 Å². The highest BCUT2D eigenvalue weighted by molar-refractivity contribution is 6.36. The Morgan fingerprint density at radius 3 is 2.68 bits per heavy atom. The molecule has 3 aromatic rings. The standard InChI is InChI=1S/C15H11Cl2N5O3/c16-9-3-4-12(11(17)6-9)21-15-13(22(23)24)14(19-8-20-15)18-7-10-2-1-5-25-10/h1-6,8H,7H2,(H2,18,19,20,21). The first-order chi connectivity index (χ1) is 12.0. The maximum Gasteiger partial charge on any atom is 0.353 e. The molecule has 0 amide bonds. The maximum atomic E-state index is 11.5. The topological polar surface area (TPSA) is 106 Å². The van der Waals surface area contributed by atoms with E-state index in [4.69, 9.17) is 27.6 Å². The number of nitrogens with one attached hydrogen (secondary N) is 2. The Kier molecular flexibility index (Phi) is 5.01. The fourth-order valence-electron chi connectivity index (χ4n) is 2.07. The molecule has 1 aromatic carbocycles. The van der Waals surface area contributed by atoms with Gasteiger partial charge in [0.1, 0.15) is 12.1 Å². The van der Waals surface area contributed by atoms with Gasteiger partial charge in [0.25, 0.3) is 0 Å². The molecule has 25 heavy (non-hydrogen) atoms. The maximum absolute atomic E-state index is 11.5. The van der Waals surface area contributed by atoms with Gasteiger partial charge in [0, 0.05) is 5.02 Å². The van der Waals surface area contributed by atoms with Crippen molar-refractivity contribution in [2.75, 3.05) is 10.6 Å². The molecule has 0 aliphatic carbocycles. The summed E-state index contributed by atoms with van der Waals surface area (Å²) < 4.78 is 5.19. The van der Waals surface area contributed by atoms with Crippen LogP contribution in [0.5, 0.6) is 0 Å². The number of nitro groups is 1. The molecule has 3 rings (SSSR count). The van der Waals surface area contributed by atoms with Gasteiger partial charge in [-0.1, -0.05) is 23.2 Å². The molecule has 0 spiro atoms. The average molecular weight is 380 g/mol. The van der Waals surface area contributed by atoms with Crippen LogP contribution in [0.1, 0.15) is 5.76 Å². The third kappa shape index (κ3) is 3.98. The predicted octanol–water partition coefficient (Wildman–Crippen LogP) is 4.64. The van der Waals surface area contributed by atoms with Crippen LogP contribution in [0.4, 0.5) is 23.0 Å². The lowest BCUT2D eigenvalue weighted by molar-refractivity contribution is -0.383. The number of aromatic nitrogens is 2. The summed E-state index contributed by atoms with van der Waals surface area (Å²) in [7, 11) is 0.